The quantitative estimate of drug-likeness (QED) is 0.0356. The molecular formula is C41H68N5O10P. The number of nitrogens with zero attached hydrogens (tertiary/aromatic N) is 3. The number of hydrogen-bond acceptors (Lipinski definition) is 13. The smallest absolute Gasteiger partial charge is 0.472 e. The molecule has 3 aliphatic heterocycles. The van der Waals surface area contributed by atoms with Crippen LogP contribution in [0.5, 0.6) is 0 Å². The van der Waals surface area contributed by atoms with Crippen molar-refractivity contribution in [3.05, 3.63) is 41.6 Å². The summed E-state index contributed by atoms with van der Waals surface area (Å²) in [5.41, 5.74) is 5.58. The molecule has 0 aliphatic carbocycles. The van der Waals surface area contributed by atoms with Gasteiger partial charge in [0.2, 0.25) is 0 Å². The van der Waals surface area contributed by atoms with Gasteiger partial charge in [-0.1, -0.05) is 128 Å². The van der Waals surface area contributed by atoms with Gasteiger partial charge in [0.25, 0.3) is 0 Å². The second kappa shape index (κ2) is 23.6. The van der Waals surface area contributed by atoms with Crippen LogP contribution in [0.1, 0.15) is 134 Å². The summed E-state index contributed by atoms with van der Waals surface area (Å²) in [6.07, 6.45) is 19.4. The average molecular weight is 822 g/mol. The number of carboxylic acid groups (broad SMARTS) is 1. The molecule has 15 nitrogen and oxygen atoms in total. The number of nitrogens with one attached hydrogen (secondary N) is 1. The maximum absolute atomic E-state index is 13.1. The molecule has 3 unspecified atom stereocenters. The predicted molar refractivity (Wildman–Crippen MR) is 221 cm³/mol. The maximum Gasteiger partial charge on any atom is 0.472 e. The molecule has 8 atom stereocenters. The van der Waals surface area contributed by atoms with Gasteiger partial charge in [-0.25, -0.2) is 14.4 Å². The van der Waals surface area contributed by atoms with Crippen LogP contribution >= 0.6 is 7.82 Å². The molecule has 0 spiro atoms. The Balaban J connectivity index is 1.18. The van der Waals surface area contributed by atoms with Crippen LogP contribution in [0, 0.1) is 5.92 Å². The zero-order chi connectivity index (χ0) is 41.3. The van der Waals surface area contributed by atoms with Crippen molar-refractivity contribution in [2.45, 2.75) is 160 Å². The number of aliphatic hydroxyl groups excluding tert-OH is 2. The number of phosphoric acid groups is 1. The molecular weight excluding hydrogens is 753 g/mol. The molecule has 4 rings (SSSR count). The largest absolute Gasteiger partial charge is 0.478 e. The lowest BCUT2D eigenvalue weighted by molar-refractivity contribution is -0.124. The lowest BCUT2D eigenvalue weighted by Gasteiger charge is -2.41. The molecule has 3 aliphatic rings. The minimum atomic E-state index is -4.73. The summed E-state index contributed by atoms with van der Waals surface area (Å²) in [7, 11) is -4.73. The fraction of sp³-hybridized carbons (Fsp3) is 0.732. The Kier molecular flexibility index (Phi) is 19.4. The number of ether oxygens (including phenoxy) is 2. The van der Waals surface area contributed by atoms with Gasteiger partial charge in [-0.3, -0.25) is 14.1 Å². The number of aliphatic hydroxyl groups is 2. The minimum absolute atomic E-state index is 0.0295. The van der Waals surface area contributed by atoms with E-state index in [1.54, 1.807) is 30.1 Å². The minimum Gasteiger partial charge on any atom is -0.478 e. The van der Waals surface area contributed by atoms with Gasteiger partial charge in [0.15, 0.2) is 5.84 Å². The molecule has 1 fully saturated rings. The number of carbonyl (C=O) groups is 1. The van der Waals surface area contributed by atoms with Gasteiger partial charge in [-0.2, -0.15) is 5.10 Å². The standard InChI is InChI=1S/C41H68N5O10P/c1-4-5-6-7-8-9-10-11-12-13-14-15-16-17-18-21-24-53-26-31(45-33-23-20-19-22-32(33)40(49)50)27-54-57(51,52)55-28-35-36(47)38(48)41(3,56-35)37-30(2)25-34-39(42)43-29-44-46(34)37/h19-20,22-23,25,29-31,35-38,45,47-48H,4-18,21,24,26-28H2,1-3H3,(H,49,50)(H,51,52)(H2,42,43,44)/t30?,31-,35-,36-,37?,38-,41+/m1/s1. The highest BCUT2D eigenvalue weighted by Gasteiger charge is 2.60. The number of aliphatic imine (C=N–C) groups is 1. The second-order valence-corrected chi connectivity index (χ2v) is 17.3. The molecule has 0 aromatic heterocycles. The van der Waals surface area contributed by atoms with E-state index in [4.69, 9.17) is 24.3 Å². The summed E-state index contributed by atoms with van der Waals surface area (Å²) in [4.78, 5) is 26.6. The van der Waals surface area contributed by atoms with Crippen molar-refractivity contribution in [2.24, 2.45) is 21.7 Å². The van der Waals surface area contributed by atoms with Gasteiger partial charge in [0.05, 0.1) is 43.2 Å². The molecule has 322 valence electrons. The van der Waals surface area contributed by atoms with E-state index in [9.17, 15) is 29.6 Å². The number of amidine groups is 1. The van der Waals surface area contributed by atoms with Crippen molar-refractivity contribution in [1.29, 1.82) is 0 Å². The topological polar surface area (TPSA) is 218 Å². The normalized spacial score (nSPS) is 25.9. The number of para-hydroxylation sites is 1. The molecule has 0 radical (unpaired) electrons. The number of unbranched alkanes of at least 4 members (excludes halogenated alkanes) is 15. The summed E-state index contributed by atoms with van der Waals surface area (Å²) >= 11 is 0. The van der Waals surface area contributed by atoms with Crippen LogP contribution in [0.25, 0.3) is 0 Å². The Labute approximate surface area is 338 Å². The number of hydrazone groups is 1. The van der Waals surface area contributed by atoms with Crippen molar-refractivity contribution in [3.8, 4) is 0 Å². The number of anilines is 1. The van der Waals surface area contributed by atoms with Crippen LogP contribution in [-0.4, -0.2) is 106 Å². The Morgan fingerprint density at radius 2 is 1.56 bits per heavy atom. The summed E-state index contributed by atoms with van der Waals surface area (Å²) in [5, 5.41) is 40.8. The van der Waals surface area contributed by atoms with Crippen molar-refractivity contribution in [3.63, 3.8) is 0 Å². The van der Waals surface area contributed by atoms with E-state index in [0.29, 0.717) is 18.0 Å². The first kappa shape index (κ1) is 46.8. The van der Waals surface area contributed by atoms with Gasteiger partial charge in [-0.05, 0) is 25.5 Å². The Bertz CT molecular complexity index is 1530. The third kappa shape index (κ3) is 14.1. The number of nitrogens with two attached hydrogens (primary N) is 1. The van der Waals surface area contributed by atoms with Crippen molar-refractivity contribution >= 4 is 31.7 Å². The lowest BCUT2D eigenvalue weighted by Crippen LogP contribution is -2.57. The van der Waals surface area contributed by atoms with Gasteiger partial charge in [0, 0.05) is 18.2 Å². The number of fused-ring (bicyclic) bond motifs is 1. The summed E-state index contributed by atoms with van der Waals surface area (Å²) in [6.45, 7) is 5.41. The van der Waals surface area contributed by atoms with Crippen LogP contribution in [-0.2, 0) is 23.1 Å². The molecule has 0 bridgehead atoms. The zero-order valence-electron chi connectivity index (χ0n) is 34.2. The molecule has 0 amide bonds. The van der Waals surface area contributed by atoms with Crippen molar-refractivity contribution in [1.82, 2.24) is 5.01 Å². The molecule has 3 heterocycles. The zero-order valence-corrected chi connectivity index (χ0v) is 35.1. The SMILES string of the molecule is CCCCCCCCCCCCCCCCCCOC[C@H](COP(=O)(O)OC[C@H]1O[C@@](C)(C2C(C)C=C3C(N)=NC=NN32)[C@H](O)[C@@H]1O)Nc1ccccc1C(=O)O. The number of benzene rings is 1. The lowest BCUT2D eigenvalue weighted by atomic mass is 9.83. The summed E-state index contributed by atoms with van der Waals surface area (Å²) in [6, 6.07) is 5.07. The van der Waals surface area contributed by atoms with E-state index in [-0.39, 0.29) is 30.5 Å². The van der Waals surface area contributed by atoms with E-state index in [0.717, 1.165) is 19.3 Å². The van der Waals surface area contributed by atoms with Gasteiger partial charge >= 0.3 is 13.8 Å². The Morgan fingerprint density at radius 3 is 2.18 bits per heavy atom. The van der Waals surface area contributed by atoms with Gasteiger partial charge in [0.1, 0.15) is 30.3 Å². The fourth-order valence-electron chi connectivity index (χ4n) is 8.00. The van der Waals surface area contributed by atoms with E-state index in [2.05, 4.69) is 22.3 Å². The van der Waals surface area contributed by atoms with E-state index < -0.39 is 56.4 Å². The number of aromatic carboxylic acids is 1. The van der Waals surface area contributed by atoms with Crippen LogP contribution in [0.2, 0.25) is 0 Å². The summed E-state index contributed by atoms with van der Waals surface area (Å²) < 4.78 is 35.8. The number of phosphoric ester groups is 1. The highest BCUT2D eigenvalue weighted by molar-refractivity contribution is 7.47. The van der Waals surface area contributed by atoms with Crippen LogP contribution in [0.3, 0.4) is 0 Å². The molecule has 1 aromatic rings. The van der Waals surface area contributed by atoms with Gasteiger partial charge < -0.3 is 40.7 Å². The van der Waals surface area contributed by atoms with Crippen molar-refractivity contribution in [2.75, 3.05) is 31.7 Å². The molecule has 1 saturated heterocycles. The number of rotatable bonds is 29. The van der Waals surface area contributed by atoms with Crippen LogP contribution < -0.4 is 11.1 Å². The second-order valence-electron chi connectivity index (χ2n) is 15.9. The third-order valence-corrected chi connectivity index (χ3v) is 12.1. The first-order chi connectivity index (χ1) is 27.4. The van der Waals surface area contributed by atoms with E-state index >= 15 is 0 Å². The van der Waals surface area contributed by atoms with Crippen LogP contribution in [0.4, 0.5) is 5.69 Å². The Morgan fingerprint density at radius 1 is 0.965 bits per heavy atom. The molecule has 7 N–H and O–H groups in total. The highest BCUT2D eigenvalue weighted by Crippen LogP contribution is 2.47. The molecule has 16 heteroatoms. The average Bonchev–Trinajstić information content (AvgIpc) is 3.65. The number of carboxylic acids is 1. The first-order valence-electron chi connectivity index (χ1n) is 21.1. The number of hydrogen-bond donors (Lipinski definition) is 6. The van der Waals surface area contributed by atoms with E-state index in [1.807, 2.05) is 13.0 Å². The molecule has 0 saturated carbocycles. The predicted octanol–water partition coefficient (Wildman–Crippen LogP) is 6.97. The first-order valence-corrected chi connectivity index (χ1v) is 22.6. The monoisotopic (exact) mass is 821 g/mol. The van der Waals surface area contributed by atoms with Gasteiger partial charge in [-0.15, -0.1) is 0 Å². The molecule has 1 aromatic carbocycles. The van der Waals surface area contributed by atoms with E-state index in [1.165, 1.54) is 95.9 Å². The highest BCUT2D eigenvalue weighted by atomic mass is 31.2. The maximum atomic E-state index is 13.1. The summed E-state index contributed by atoms with van der Waals surface area (Å²) in [5.74, 6) is -1.07. The van der Waals surface area contributed by atoms with Crippen LogP contribution in [0.15, 0.2) is 46.1 Å². The van der Waals surface area contributed by atoms with Crippen molar-refractivity contribution < 1.29 is 48.1 Å². The third-order valence-electron chi connectivity index (χ3n) is 11.2. The molecule has 57 heavy (non-hydrogen) atoms. The Hall–Kier alpha value is -2.88. The fourth-order valence-corrected chi connectivity index (χ4v) is 8.78.